The van der Waals surface area contributed by atoms with Crippen LogP contribution in [-0.2, 0) is 23.4 Å². The minimum absolute atomic E-state index is 0.513. The molecule has 2 unspecified atom stereocenters. The monoisotopic (exact) mass is 268 g/mol. The van der Waals surface area contributed by atoms with Crippen molar-refractivity contribution in [3.63, 3.8) is 0 Å². The van der Waals surface area contributed by atoms with Crippen molar-refractivity contribution in [3.05, 3.63) is 24.0 Å². The van der Waals surface area contributed by atoms with Gasteiger partial charge in [-0.3, -0.25) is 10.6 Å². The third kappa shape index (κ3) is 3.79. The van der Waals surface area contributed by atoms with Gasteiger partial charge in [0.1, 0.15) is 0 Å². The quantitative estimate of drug-likeness (QED) is 0.639. The smallest absolute Gasteiger partial charge is 0.515 e. The van der Waals surface area contributed by atoms with Crippen molar-refractivity contribution in [2.45, 2.75) is 19.2 Å². The Labute approximate surface area is 112 Å². The summed E-state index contributed by atoms with van der Waals surface area (Å²) in [6.07, 6.45) is 5.53. The predicted octanol–water partition coefficient (Wildman–Crippen LogP) is -0.328. The van der Waals surface area contributed by atoms with Crippen molar-refractivity contribution in [1.29, 1.82) is 0 Å². The van der Waals surface area contributed by atoms with Gasteiger partial charge in [-0.05, 0) is 6.08 Å². The van der Waals surface area contributed by atoms with Crippen LogP contribution in [0.1, 0.15) is 6.42 Å². The first kappa shape index (κ1) is 13.1. The summed E-state index contributed by atoms with van der Waals surface area (Å²) in [7, 11) is -0.877. The van der Waals surface area contributed by atoms with Gasteiger partial charge in [-0.25, -0.2) is 0 Å². The van der Waals surface area contributed by atoms with Gasteiger partial charge in [0, 0.05) is 19.5 Å². The van der Waals surface area contributed by atoms with Crippen molar-refractivity contribution in [1.82, 2.24) is 10.6 Å². The normalized spacial score (nSPS) is 29.8. The first-order chi connectivity index (χ1) is 9.40. The molecule has 2 saturated heterocycles. The summed E-state index contributed by atoms with van der Waals surface area (Å²) >= 11 is 0. The molecule has 3 rings (SSSR count). The molecule has 0 spiro atoms. The molecule has 2 aliphatic heterocycles. The molecule has 19 heavy (non-hydrogen) atoms. The topological polar surface area (TPSA) is 70.2 Å². The highest BCUT2D eigenvalue weighted by Gasteiger charge is 2.35. The zero-order valence-corrected chi connectivity index (χ0v) is 10.5. The maximum Gasteiger partial charge on any atom is 0.718 e. The summed E-state index contributed by atoms with van der Waals surface area (Å²) in [5, 5.41) is 6.07. The average molecular weight is 268 g/mol. The average Bonchev–Trinajstić information content (AvgIpc) is 3.10. The highest BCUT2D eigenvalue weighted by Crippen LogP contribution is 2.16. The Bertz CT molecular complexity index is 335. The molecule has 0 radical (unpaired) electrons. The molecule has 0 aromatic heterocycles. The zero-order valence-electron chi connectivity index (χ0n) is 10.5. The summed E-state index contributed by atoms with van der Waals surface area (Å²) in [6.45, 7) is 2.72. The van der Waals surface area contributed by atoms with E-state index >= 15 is 0 Å². The molecule has 0 aromatic carbocycles. The molecular weight excluding hydrogens is 251 g/mol. The summed E-state index contributed by atoms with van der Waals surface area (Å²) in [5.41, 5.74) is 0. The van der Waals surface area contributed by atoms with E-state index in [2.05, 4.69) is 10.6 Å². The summed E-state index contributed by atoms with van der Waals surface area (Å²) in [4.78, 5) is 0. The van der Waals surface area contributed by atoms with Gasteiger partial charge in [-0.15, -0.1) is 0 Å². The van der Waals surface area contributed by atoms with Gasteiger partial charge < -0.3 is 23.4 Å². The Kier molecular flexibility index (Phi) is 4.49. The van der Waals surface area contributed by atoms with E-state index in [9.17, 15) is 0 Å². The Morgan fingerprint density at radius 1 is 1.11 bits per heavy atom. The highest BCUT2D eigenvalue weighted by atomic mass is 16.8. The molecule has 2 fully saturated rings. The highest BCUT2D eigenvalue weighted by molar-refractivity contribution is 6.36. The number of hydrogen-bond acceptors (Lipinski definition) is 7. The van der Waals surface area contributed by atoms with Crippen LogP contribution in [0.2, 0.25) is 0 Å². The predicted molar refractivity (Wildman–Crippen MR) is 66.3 cm³/mol. The fraction of sp³-hybridized carbons (Fsp3) is 0.636. The number of rotatable bonds is 6. The maximum atomic E-state index is 5.65. The molecule has 0 aromatic rings. The SMILES string of the molecule is C1=CCC(OB(OC2NCCO2)OC2NCCO2)=C1. The van der Waals surface area contributed by atoms with Gasteiger partial charge in [-0.1, -0.05) is 12.2 Å². The second-order valence-electron chi connectivity index (χ2n) is 4.26. The van der Waals surface area contributed by atoms with Crippen LogP contribution in [0.15, 0.2) is 24.0 Å². The Hall–Kier alpha value is -0.895. The lowest BCUT2D eigenvalue weighted by atomic mass is 10.2. The van der Waals surface area contributed by atoms with Crippen LogP contribution in [0.25, 0.3) is 0 Å². The first-order valence-corrected chi connectivity index (χ1v) is 6.43. The minimum Gasteiger partial charge on any atom is -0.515 e. The van der Waals surface area contributed by atoms with Crippen LogP contribution in [0.4, 0.5) is 0 Å². The molecule has 0 saturated carbocycles. The minimum atomic E-state index is -0.877. The molecule has 104 valence electrons. The van der Waals surface area contributed by atoms with E-state index in [4.69, 9.17) is 23.4 Å². The van der Waals surface area contributed by atoms with E-state index in [0.29, 0.717) is 13.2 Å². The molecule has 0 bridgehead atoms. The van der Waals surface area contributed by atoms with Crippen molar-refractivity contribution < 1.29 is 23.4 Å². The molecule has 2 N–H and O–H groups in total. The Balaban J connectivity index is 1.53. The molecule has 2 heterocycles. The molecule has 0 amide bonds. The molecule has 8 heteroatoms. The third-order valence-electron chi connectivity index (χ3n) is 2.82. The second-order valence-corrected chi connectivity index (χ2v) is 4.26. The van der Waals surface area contributed by atoms with Crippen LogP contribution in [0.3, 0.4) is 0 Å². The van der Waals surface area contributed by atoms with Crippen LogP contribution in [-0.4, -0.2) is 46.5 Å². The zero-order chi connectivity index (χ0) is 12.9. The fourth-order valence-electron chi connectivity index (χ4n) is 1.91. The second kappa shape index (κ2) is 6.51. The van der Waals surface area contributed by atoms with E-state index in [0.717, 1.165) is 25.3 Å². The van der Waals surface area contributed by atoms with Gasteiger partial charge in [0.05, 0.1) is 19.0 Å². The fourth-order valence-corrected chi connectivity index (χ4v) is 1.91. The molecule has 2 atom stereocenters. The number of ether oxygens (including phenoxy) is 2. The first-order valence-electron chi connectivity index (χ1n) is 6.43. The van der Waals surface area contributed by atoms with Gasteiger partial charge in [0.15, 0.2) is 0 Å². The lowest BCUT2D eigenvalue weighted by Gasteiger charge is -2.21. The number of nitrogens with one attached hydrogen (secondary N) is 2. The lowest BCUT2D eigenvalue weighted by Crippen LogP contribution is -2.42. The van der Waals surface area contributed by atoms with Gasteiger partial charge in [-0.2, -0.15) is 0 Å². The van der Waals surface area contributed by atoms with E-state index in [1.807, 2.05) is 18.2 Å². The largest absolute Gasteiger partial charge is 0.718 e. The standard InChI is InChI=1S/C11H17BN2O5/c1-2-4-9(3-1)17-12(18-10-13-5-7-15-10)19-11-14-6-8-16-11/h1-3,10-11,13-14H,4-8H2. The lowest BCUT2D eigenvalue weighted by molar-refractivity contribution is -0.125. The molecule has 7 nitrogen and oxygen atoms in total. The Morgan fingerprint density at radius 3 is 2.26 bits per heavy atom. The molecule has 1 aliphatic carbocycles. The Morgan fingerprint density at radius 2 is 1.79 bits per heavy atom. The summed E-state index contributed by atoms with van der Waals surface area (Å²) < 4.78 is 27.4. The summed E-state index contributed by atoms with van der Waals surface area (Å²) in [6, 6.07) is 0. The molecular formula is C11H17BN2O5. The van der Waals surface area contributed by atoms with Crippen LogP contribution in [0.5, 0.6) is 0 Å². The van der Waals surface area contributed by atoms with Crippen molar-refractivity contribution >= 4 is 7.32 Å². The van der Waals surface area contributed by atoms with Gasteiger partial charge >= 0.3 is 7.32 Å². The van der Waals surface area contributed by atoms with Crippen LogP contribution < -0.4 is 10.6 Å². The maximum absolute atomic E-state index is 5.65. The van der Waals surface area contributed by atoms with Crippen LogP contribution >= 0.6 is 0 Å². The van der Waals surface area contributed by atoms with Crippen LogP contribution in [0, 0.1) is 0 Å². The summed E-state index contributed by atoms with van der Waals surface area (Å²) in [5.74, 6) is 0.793. The van der Waals surface area contributed by atoms with Crippen molar-refractivity contribution in [2.24, 2.45) is 0 Å². The van der Waals surface area contributed by atoms with E-state index in [1.165, 1.54) is 0 Å². The van der Waals surface area contributed by atoms with Gasteiger partial charge in [0.25, 0.3) is 0 Å². The van der Waals surface area contributed by atoms with E-state index in [-0.39, 0.29) is 0 Å². The van der Waals surface area contributed by atoms with Crippen molar-refractivity contribution in [3.8, 4) is 0 Å². The van der Waals surface area contributed by atoms with E-state index < -0.39 is 20.1 Å². The number of hydrogen-bond donors (Lipinski definition) is 2. The third-order valence-corrected chi connectivity index (χ3v) is 2.82. The van der Waals surface area contributed by atoms with Gasteiger partial charge in [0.2, 0.25) is 12.8 Å². The number of allylic oxidation sites excluding steroid dienone is 3. The van der Waals surface area contributed by atoms with E-state index in [1.54, 1.807) is 0 Å². The molecule has 3 aliphatic rings. The van der Waals surface area contributed by atoms with Crippen molar-refractivity contribution in [2.75, 3.05) is 26.3 Å².